The van der Waals surface area contributed by atoms with Crippen molar-refractivity contribution in [3.8, 4) is 5.69 Å². The normalized spacial score (nSPS) is 12.2. The third-order valence-electron chi connectivity index (χ3n) is 6.16. The molecule has 0 spiro atoms. The zero-order valence-electron chi connectivity index (χ0n) is 20.7. The number of nitrogens with one attached hydrogen (secondary N) is 2. The molecule has 0 fully saturated rings. The molecule has 38 heavy (non-hydrogen) atoms. The molecule has 0 saturated carbocycles. The summed E-state index contributed by atoms with van der Waals surface area (Å²) in [6, 6.07) is 15.3. The van der Waals surface area contributed by atoms with Gasteiger partial charge in [0, 0.05) is 24.0 Å². The van der Waals surface area contributed by atoms with Gasteiger partial charge in [0.1, 0.15) is 0 Å². The van der Waals surface area contributed by atoms with Crippen molar-refractivity contribution in [3.05, 3.63) is 107 Å². The number of carbonyl (C=O) groups is 1. The van der Waals surface area contributed by atoms with Crippen LogP contribution in [0.4, 0.5) is 18.9 Å². The number of halogens is 4. The summed E-state index contributed by atoms with van der Waals surface area (Å²) in [5.74, 6) is -0.404. The highest BCUT2D eigenvalue weighted by molar-refractivity contribution is 6.30. The molecule has 4 aromatic rings. The van der Waals surface area contributed by atoms with Crippen molar-refractivity contribution >= 4 is 23.2 Å². The molecular formula is C28H27ClF3N5O. The first-order chi connectivity index (χ1) is 18.2. The van der Waals surface area contributed by atoms with E-state index in [0.29, 0.717) is 41.2 Å². The monoisotopic (exact) mass is 541 g/mol. The number of hydrogen-bond donors (Lipinski definition) is 2. The van der Waals surface area contributed by atoms with Crippen LogP contribution >= 0.6 is 11.6 Å². The Bertz CT molecular complexity index is 1360. The van der Waals surface area contributed by atoms with Gasteiger partial charge in [-0.05, 0) is 80.3 Å². The molecule has 0 saturated heterocycles. The number of carbonyl (C=O) groups excluding carboxylic acids is 1. The van der Waals surface area contributed by atoms with Crippen molar-refractivity contribution in [1.29, 1.82) is 0 Å². The van der Waals surface area contributed by atoms with Gasteiger partial charge in [-0.3, -0.25) is 9.78 Å². The van der Waals surface area contributed by atoms with E-state index in [1.54, 1.807) is 54.3 Å². The minimum Gasteiger partial charge on any atom is -0.384 e. The first-order valence-corrected chi connectivity index (χ1v) is 12.5. The maximum atomic E-state index is 13.4. The van der Waals surface area contributed by atoms with E-state index in [0.717, 1.165) is 29.9 Å². The maximum Gasteiger partial charge on any atom is 0.416 e. The summed E-state index contributed by atoms with van der Waals surface area (Å²) in [6.07, 6.45) is 2.29. The maximum absolute atomic E-state index is 13.4. The number of pyridine rings is 1. The molecule has 0 unspecified atom stereocenters. The Kier molecular flexibility index (Phi) is 8.68. The summed E-state index contributed by atoms with van der Waals surface area (Å²) in [5.41, 5.74) is 2.23. The lowest BCUT2D eigenvalue weighted by atomic mass is 9.98. The molecule has 4 rings (SSSR count). The van der Waals surface area contributed by atoms with Gasteiger partial charge in [0.2, 0.25) is 0 Å². The van der Waals surface area contributed by atoms with Gasteiger partial charge < -0.3 is 10.6 Å². The number of aromatic nitrogens is 3. The lowest BCUT2D eigenvalue weighted by Crippen LogP contribution is -2.29. The summed E-state index contributed by atoms with van der Waals surface area (Å²) in [5, 5.41) is 11.1. The molecule has 2 heterocycles. The quantitative estimate of drug-likeness (QED) is 0.212. The lowest BCUT2D eigenvalue weighted by Gasteiger charge is -2.21. The molecular weight excluding hydrogens is 515 g/mol. The van der Waals surface area contributed by atoms with Crippen LogP contribution in [0.25, 0.3) is 5.69 Å². The number of hydrogen-bond acceptors (Lipinski definition) is 4. The van der Waals surface area contributed by atoms with Crippen molar-refractivity contribution in [2.45, 2.75) is 38.4 Å². The van der Waals surface area contributed by atoms with Gasteiger partial charge in [0.15, 0.2) is 0 Å². The number of benzene rings is 2. The van der Waals surface area contributed by atoms with Crippen molar-refractivity contribution in [2.24, 2.45) is 0 Å². The van der Waals surface area contributed by atoms with Gasteiger partial charge in [-0.15, -0.1) is 0 Å². The first kappa shape index (κ1) is 27.2. The Morgan fingerprint density at radius 2 is 1.84 bits per heavy atom. The summed E-state index contributed by atoms with van der Waals surface area (Å²) in [6.45, 7) is 2.43. The largest absolute Gasteiger partial charge is 0.416 e. The van der Waals surface area contributed by atoms with E-state index in [1.807, 2.05) is 12.1 Å². The molecule has 6 nitrogen and oxygen atoms in total. The van der Waals surface area contributed by atoms with Crippen LogP contribution in [-0.2, 0) is 6.18 Å². The molecule has 1 atom stereocenters. The van der Waals surface area contributed by atoms with Gasteiger partial charge >= 0.3 is 6.18 Å². The van der Waals surface area contributed by atoms with E-state index in [1.165, 1.54) is 12.3 Å². The fourth-order valence-corrected chi connectivity index (χ4v) is 4.26. The van der Waals surface area contributed by atoms with Crippen molar-refractivity contribution in [1.82, 2.24) is 20.1 Å². The van der Waals surface area contributed by atoms with Crippen LogP contribution in [0.3, 0.4) is 0 Å². The number of anilines is 1. The molecule has 0 bridgehead atoms. The SMILES string of the molecule is Cc1c(C(=O)N[C@@H](CCCCNc2cccnc2)c2cccc(C(F)(F)F)c2)cnn1-c1ccc(Cl)cc1. The Morgan fingerprint density at radius 1 is 1.05 bits per heavy atom. The van der Waals surface area contributed by atoms with Gasteiger partial charge in [-0.1, -0.05) is 23.7 Å². The highest BCUT2D eigenvalue weighted by atomic mass is 35.5. The number of amides is 1. The second kappa shape index (κ2) is 12.1. The van der Waals surface area contributed by atoms with E-state index in [-0.39, 0.29) is 0 Å². The van der Waals surface area contributed by atoms with Crippen LogP contribution in [-0.4, -0.2) is 27.2 Å². The van der Waals surface area contributed by atoms with E-state index in [2.05, 4.69) is 20.7 Å². The van der Waals surface area contributed by atoms with E-state index < -0.39 is 23.7 Å². The lowest BCUT2D eigenvalue weighted by molar-refractivity contribution is -0.137. The van der Waals surface area contributed by atoms with Crippen LogP contribution in [0.5, 0.6) is 0 Å². The predicted molar refractivity (Wildman–Crippen MR) is 142 cm³/mol. The fourth-order valence-electron chi connectivity index (χ4n) is 4.14. The second-order valence-electron chi connectivity index (χ2n) is 8.85. The molecule has 2 N–H and O–H groups in total. The van der Waals surface area contributed by atoms with Crippen LogP contribution in [0, 0.1) is 6.92 Å². The molecule has 1 amide bonds. The molecule has 0 aliphatic heterocycles. The Labute approximate surface area is 223 Å². The third-order valence-corrected chi connectivity index (χ3v) is 6.41. The number of alkyl halides is 3. The first-order valence-electron chi connectivity index (χ1n) is 12.1. The van der Waals surface area contributed by atoms with Crippen molar-refractivity contribution in [3.63, 3.8) is 0 Å². The number of rotatable bonds is 10. The molecule has 0 radical (unpaired) electrons. The van der Waals surface area contributed by atoms with Crippen LogP contribution < -0.4 is 10.6 Å². The standard InChI is InChI=1S/C28H27ClF3N5O/c1-19-25(18-35-37(19)24-12-10-22(29)11-13-24)27(38)36-26(20-6-4-7-21(16-20)28(30,31)32)9-2-3-15-34-23-8-5-14-33-17-23/h4-8,10-14,16-18,26,34H,2-3,9,15H2,1H3,(H,36,38)/t26-/m0/s1. The molecule has 0 aliphatic carbocycles. The number of unbranched alkanes of at least 4 members (excludes halogenated alkanes) is 1. The Balaban J connectivity index is 1.49. The Morgan fingerprint density at radius 3 is 2.55 bits per heavy atom. The van der Waals surface area contributed by atoms with Crippen LogP contribution in [0.2, 0.25) is 5.02 Å². The molecule has 198 valence electrons. The van der Waals surface area contributed by atoms with Crippen LogP contribution in [0.1, 0.15) is 52.5 Å². The van der Waals surface area contributed by atoms with Gasteiger partial charge in [-0.2, -0.15) is 18.3 Å². The summed E-state index contributed by atoms with van der Waals surface area (Å²) in [7, 11) is 0. The van der Waals surface area contributed by atoms with Crippen LogP contribution in [0.15, 0.2) is 79.3 Å². The predicted octanol–water partition coefficient (Wildman–Crippen LogP) is 7.00. The topological polar surface area (TPSA) is 71.8 Å². The molecule has 10 heteroatoms. The highest BCUT2D eigenvalue weighted by Gasteiger charge is 2.31. The van der Waals surface area contributed by atoms with E-state index in [4.69, 9.17) is 11.6 Å². The zero-order chi connectivity index (χ0) is 27.1. The van der Waals surface area contributed by atoms with Crippen molar-refractivity contribution in [2.75, 3.05) is 11.9 Å². The average molecular weight is 542 g/mol. The van der Waals surface area contributed by atoms with E-state index in [9.17, 15) is 18.0 Å². The fraction of sp³-hybridized carbons (Fsp3) is 0.250. The third kappa shape index (κ3) is 6.92. The summed E-state index contributed by atoms with van der Waals surface area (Å²) < 4.78 is 41.8. The molecule has 0 aliphatic rings. The van der Waals surface area contributed by atoms with E-state index >= 15 is 0 Å². The second-order valence-corrected chi connectivity index (χ2v) is 9.28. The summed E-state index contributed by atoms with van der Waals surface area (Å²) in [4.78, 5) is 17.3. The number of nitrogens with zero attached hydrogens (tertiary/aromatic N) is 3. The molecule has 2 aromatic carbocycles. The smallest absolute Gasteiger partial charge is 0.384 e. The van der Waals surface area contributed by atoms with Gasteiger partial charge in [0.25, 0.3) is 5.91 Å². The Hall–Kier alpha value is -3.85. The average Bonchev–Trinajstić information content (AvgIpc) is 3.29. The minimum atomic E-state index is -4.48. The van der Waals surface area contributed by atoms with Gasteiger partial charge in [0.05, 0.1) is 40.4 Å². The zero-order valence-corrected chi connectivity index (χ0v) is 21.4. The molecule has 2 aromatic heterocycles. The summed E-state index contributed by atoms with van der Waals surface area (Å²) >= 11 is 5.97. The van der Waals surface area contributed by atoms with Crippen molar-refractivity contribution < 1.29 is 18.0 Å². The highest BCUT2D eigenvalue weighted by Crippen LogP contribution is 2.32. The minimum absolute atomic E-state index is 0.343. The van der Waals surface area contributed by atoms with Gasteiger partial charge in [-0.25, -0.2) is 4.68 Å².